The van der Waals surface area contributed by atoms with Gasteiger partial charge in [0.2, 0.25) is 5.91 Å². The van der Waals surface area contributed by atoms with Crippen molar-refractivity contribution in [2.75, 3.05) is 38.0 Å². The molecule has 4 rings (SSSR count). The lowest BCUT2D eigenvalue weighted by Crippen LogP contribution is -2.45. The summed E-state index contributed by atoms with van der Waals surface area (Å²) in [6, 6.07) is 4.14. The summed E-state index contributed by atoms with van der Waals surface area (Å²) < 4.78 is 0. The zero-order chi connectivity index (χ0) is 20.1. The van der Waals surface area contributed by atoms with Crippen LogP contribution in [0.25, 0.3) is 0 Å². The number of hydrogen-bond donors (Lipinski definition) is 1. The van der Waals surface area contributed by atoms with Gasteiger partial charge in [-0.3, -0.25) is 19.7 Å². The molecule has 2 aromatic heterocycles. The lowest BCUT2D eigenvalue weighted by atomic mass is 9.93. The summed E-state index contributed by atoms with van der Waals surface area (Å²) in [5.74, 6) is 1.36. The molecule has 2 aliphatic rings. The molecule has 0 bridgehead atoms. The number of carbonyl (C=O) groups is 1. The third-order valence-corrected chi connectivity index (χ3v) is 5.80. The molecular formula is C22H30N6O. The van der Waals surface area contributed by atoms with Crippen LogP contribution in [-0.4, -0.2) is 63.4 Å². The third kappa shape index (κ3) is 5.29. The number of hydrogen-bond acceptors (Lipinski definition) is 6. The first-order valence-corrected chi connectivity index (χ1v) is 10.7. The van der Waals surface area contributed by atoms with Crippen molar-refractivity contribution in [1.29, 1.82) is 0 Å². The highest BCUT2D eigenvalue weighted by molar-refractivity contribution is 5.78. The lowest BCUT2D eigenvalue weighted by Gasteiger charge is -2.34. The van der Waals surface area contributed by atoms with Gasteiger partial charge >= 0.3 is 0 Å². The molecule has 1 amide bonds. The van der Waals surface area contributed by atoms with Crippen molar-refractivity contribution in [3.05, 3.63) is 42.1 Å². The Morgan fingerprint density at radius 1 is 1.14 bits per heavy atom. The molecule has 0 radical (unpaired) electrons. The van der Waals surface area contributed by atoms with E-state index in [1.165, 1.54) is 6.42 Å². The molecule has 4 heterocycles. The van der Waals surface area contributed by atoms with E-state index in [1.807, 2.05) is 17.9 Å². The molecule has 0 aromatic carbocycles. The second-order valence-corrected chi connectivity index (χ2v) is 8.15. The van der Waals surface area contributed by atoms with Crippen LogP contribution in [0.1, 0.15) is 49.4 Å². The fourth-order valence-electron chi connectivity index (χ4n) is 4.36. The van der Waals surface area contributed by atoms with Crippen LogP contribution in [-0.2, 0) is 4.79 Å². The average molecular weight is 395 g/mol. The monoisotopic (exact) mass is 394 g/mol. The van der Waals surface area contributed by atoms with Gasteiger partial charge in [0.05, 0.1) is 12.7 Å². The molecule has 0 spiro atoms. The Kier molecular flexibility index (Phi) is 6.34. The Balaban J connectivity index is 1.41. The molecule has 0 unspecified atom stereocenters. The number of nitrogens with one attached hydrogen (secondary N) is 1. The summed E-state index contributed by atoms with van der Waals surface area (Å²) >= 11 is 0. The van der Waals surface area contributed by atoms with Crippen LogP contribution >= 0.6 is 0 Å². The van der Waals surface area contributed by atoms with E-state index in [1.54, 1.807) is 18.6 Å². The Morgan fingerprint density at radius 3 is 2.79 bits per heavy atom. The van der Waals surface area contributed by atoms with Gasteiger partial charge in [-0.25, -0.2) is 4.98 Å². The molecular weight excluding hydrogens is 364 g/mol. The number of likely N-dealkylation sites (tertiary alicyclic amines) is 2. The molecule has 154 valence electrons. The lowest BCUT2D eigenvalue weighted by molar-refractivity contribution is -0.133. The number of aryl methyl sites for hydroxylation is 1. The quantitative estimate of drug-likeness (QED) is 0.840. The highest BCUT2D eigenvalue weighted by Crippen LogP contribution is 2.28. The highest BCUT2D eigenvalue weighted by Gasteiger charge is 2.26. The van der Waals surface area contributed by atoms with Crippen LogP contribution in [0.15, 0.2) is 30.7 Å². The van der Waals surface area contributed by atoms with Gasteiger partial charge in [-0.05, 0) is 57.7 Å². The number of aromatic nitrogens is 3. The Bertz CT molecular complexity index is 821. The molecule has 29 heavy (non-hydrogen) atoms. The minimum Gasteiger partial charge on any atom is -0.342 e. The van der Waals surface area contributed by atoms with Gasteiger partial charge in [-0.15, -0.1) is 0 Å². The summed E-state index contributed by atoms with van der Waals surface area (Å²) in [6.45, 7) is 6.28. The van der Waals surface area contributed by atoms with Gasteiger partial charge in [0.15, 0.2) is 0 Å². The Hall–Kier alpha value is -2.54. The highest BCUT2D eigenvalue weighted by atomic mass is 16.2. The van der Waals surface area contributed by atoms with Crippen molar-refractivity contribution in [3.63, 3.8) is 0 Å². The number of nitrogens with zero attached hydrogens (tertiary/aromatic N) is 5. The predicted molar refractivity (Wildman–Crippen MR) is 113 cm³/mol. The maximum Gasteiger partial charge on any atom is 0.236 e. The molecule has 2 fully saturated rings. The van der Waals surface area contributed by atoms with Crippen LogP contribution in [0.3, 0.4) is 0 Å². The molecule has 7 nitrogen and oxygen atoms in total. The summed E-state index contributed by atoms with van der Waals surface area (Å²) in [5, 5.41) is 3.32. The first kappa shape index (κ1) is 19.8. The molecule has 2 aromatic rings. The van der Waals surface area contributed by atoms with Crippen molar-refractivity contribution in [2.45, 2.75) is 44.9 Å². The summed E-state index contributed by atoms with van der Waals surface area (Å²) in [6.07, 6.45) is 10.8. The van der Waals surface area contributed by atoms with Gasteiger partial charge in [0.1, 0.15) is 5.82 Å². The van der Waals surface area contributed by atoms with E-state index in [-0.39, 0.29) is 5.91 Å². The number of rotatable bonds is 5. The topological polar surface area (TPSA) is 74.2 Å². The van der Waals surface area contributed by atoms with E-state index < -0.39 is 0 Å². The van der Waals surface area contributed by atoms with Crippen LogP contribution in [0.4, 0.5) is 11.5 Å². The van der Waals surface area contributed by atoms with E-state index >= 15 is 0 Å². The van der Waals surface area contributed by atoms with Gasteiger partial charge in [-0.2, -0.15) is 0 Å². The standard InChI is InChI=1S/C22H30N6O/c1-17-12-19(26-21-14-23-7-8-24-21)13-20(25-17)18-6-5-9-27(15-18)16-22(29)28-10-3-2-4-11-28/h7-8,12-14,18H,2-6,9-11,15-16H2,1H3,(H,24,25,26)/t18-/m1/s1. The van der Waals surface area contributed by atoms with E-state index in [0.717, 1.165) is 74.8 Å². The van der Waals surface area contributed by atoms with Crippen molar-refractivity contribution in [3.8, 4) is 0 Å². The SMILES string of the molecule is Cc1cc(Nc2cnccn2)cc([C@@H]2CCCN(CC(=O)N3CCCCC3)C2)n1. The van der Waals surface area contributed by atoms with E-state index in [2.05, 4.69) is 26.3 Å². The van der Waals surface area contributed by atoms with Crippen LogP contribution < -0.4 is 5.32 Å². The molecule has 1 N–H and O–H groups in total. The zero-order valence-corrected chi connectivity index (χ0v) is 17.2. The number of amides is 1. The Morgan fingerprint density at radius 2 is 2.00 bits per heavy atom. The molecule has 0 saturated carbocycles. The number of pyridine rings is 1. The summed E-state index contributed by atoms with van der Waals surface area (Å²) in [5.41, 5.74) is 3.05. The predicted octanol–water partition coefficient (Wildman–Crippen LogP) is 3.12. The van der Waals surface area contributed by atoms with E-state index in [4.69, 9.17) is 4.98 Å². The van der Waals surface area contributed by atoms with Crippen molar-refractivity contribution in [2.24, 2.45) is 0 Å². The largest absolute Gasteiger partial charge is 0.342 e. The number of anilines is 2. The smallest absolute Gasteiger partial charge is 0.236 e. The molecule has 1 atom stereocenters. The maximum atomic E-state index is 12.7. The molecule has 2 saturated heterocycles. The maximum absolute atomic E-state index is 12.7. The van der Waals surface area contributed by atoms with Gasteiger partial charge in [0, 0.05) is 55.0 Å². The number of piperidine rings is 2. The normalized spacial score (nSPS) is 20.4. The van der Waals surface area contributed by atoms with Gasteiger partial charge in [0.25, 0.3) is 0 Å². The van der Waals surface area contributed by atoms with Crippen molar-refractivity contribution >= 4 is 17.4 Å². The van der Waals surface area contributed by atoms with E-state index in [9.17, 15) is 4.79 Å². The van der Waals surface area contributed by atoms with E-state index in [0.29, 0.717) is 12.5 Å². The second-order valence-electron chi connectivity index (χ2n) is 8.15. The third-order valence-electron chi connectivity index (χ3n) is 5.80. The van der Waals surface area contributed by atoms with Crippen molar-refractivity contribution < 1.29 is 4.79 Å². The first-order valence-electron chi connectivity index (χ1n) is 10.7. The average Bonchev–Trinajstić information content (AvgIpc) is 2.75. The minimum atomic E-state index is 0.285. The molecule has 0 aliphatic carbocycles. The zero-order valence-electron chi connectivity index (χ0n) is 17.2. The first-order chi connectivity index (χ1) is 14.2. The van der Waals surface area contributed by atoms with Gasteiger partial charge in [-0.1, -0.05) is 0 Å². The second kappa shape index (κ2) is 9.31. The van der Waals surface area contributed by atoms with Crippen molar-refractivity contribution in [1.82, 2.24) is 24.8 Å². The number of carbonyl (C=O) groups excluding carboxylic acids is 1. The fourth-order valence-corrected chi connectivity index (χ4v) is 4.36. The minimum absolute atomic E-state index is 0.285. The molecule has 2 aliphatic heterocycles. The van der Waals surface area contributed by atoms with Gasteiger partial charge < -0.3 is 10.2 Å². The fraction of sp³-hybridized carbons (Fsp3) is 0.545. The van der Waals surface area contributed by atoms with Crippen LogP contribution in [0.2, 0.25) is 0 Å². The Labute approximate surface area is 172 Å². The summed E-state index contributed by atoms with van der Waals surface area (Å²) in [7, 11) is 0. The summed E-state index contributed by atoms with van der Waals surface area (Å²) in [4.78, 5) is 30.2. The van der Waals surface area contributed by atoms with Crippen LogP contribution in [0.5, 0.6) is 0 Å². The van der Waals surface area contributed by atoms with Crippen LogP contribution in [0, 0.1) is 6.92 Å². The molecule has 7 heteroatoms.